The van der Waals surface area contributed by atoms with E-state index in [0.29, 0.717) is 24.8 Å². The van der Waals surface area contributed by atoms with Crippen LogP contribution in [0.15, 0.2) is 0 Å². The first kappa shape index (κ1) is 14.0. The summed E-state index contributed by atoms with van der Waals surface area (Å²) in [5.74, 6) is 0.453. The monoisotopic (exact) mass is 266 g/mol. The average Bonchev–Trinajstić information content (AvgIpc) is 2.96. The van der Waals surface area contributed by atoms with Gasteiger partial charge in [0.25, 0.3) is 0 Å². The maximum absolute atomic E-state index is 11.3. The van der Waals surface area contributed by atoms with Crippen molar-refractivity contribution in [2.24, 2.45) is 11.8 Å². The smallest absolute Gasteiger partial charge is 0.308 e. The van der Waals surface area contributed by atoms with Gasteiger partial charge in [0.05, 0.1) is 12.5 Å². The van der Waals surface area contributed by atoms with Gasteiger partial charge in [-0.05, 0) is 35.6 Å². The fourth-order valence-electron chi connectivity index (χ4n) is 2.85. The van der Waals surface area contributed by atoms with Crippen molar-refractivity contribution in [1.29, 1.82) is 0 Å². The standard InChI is InChI=1S/C13H22N4O2/c1-9(2)7-11(13(18)19)8-17-12(14-15-16-17)10-5-3-4-6-10/h9-11H,3-8H2,1-2H3,(H,18,19). The van der Waals surface area contributed by atoms with E-state index in [1.165, 1.54) is 12.8 Å². The van der Waals surface area contributed by atoms with Crippen molar-refractivity contribution >= 4 is 5.97 Å². The molecule has 1 unspecified atom stereocenters. The number of hydrogen-bond donors (Lipinski definition) is 1. The SMILES string of the molecule is CC(C)CC(Cn1nnnc1C1CCCC1)C(=O)O. The first-order valence-corrected chi connectivity index (χ1v) is 7.06. The van der Waals surface area contributed by atoms with Gasteiger partial charge in [0.1, 0.15) is 0 Å². The Kier molecular flexibility index (Phi) is 4.50. The van der Waals surface area contributed by atoms with Crippen LogP contribution in [0.1, 0.15) is 57.7 Å². The molecule has 6 heteroatoms. The molecule has 0 radical (unpaired) electrons. The van der Waals surface area contributed by atoms with Gasteiger partial charge in [-0.2, -0.15) is 0 Å². The number of carboxylic acids is 1. The Bertz CT molecular complexity index is 424. The summed E-state index contributed by atoms with van der Waals surface area (Å²) >= 11 is 0. The molecule has 1 atom stereocenters. The van der Waals surface area contributed by atoms with Crippen LogP contribution in [0, 0.1) is 11.8 Å². The lowest BCUT2D eigenvalue weighted by Gasteiger charge is -2.16. The van der Waals surface area contributed by atoms with E-state index in [-0.39, 0.29) is 0 Å². The summed E-state index contributed by atoms with van der Waals surface area (Å²) in [7, 11) is 0. The summed E-state index contributed by atoms with van der Waals surface area (Å²) in [4.78, 5) is 11.3. The van der Waals surface area contributed by atoms with Crippen molar-refractivity contribution in [3.63, 3.8) is 0 Å². The second-order valence-corrected chi connectivity index (χ2v) is 5.87. The van der Waals surface area contributed by atoms with Gasteiger partial charge in [0, 0.05) is 5.92 Å². The van der Waals surface area contributed by atoms with Crippen molar-refractivity contribution < 1.29 is 9.90 Å². The van der Waals surface area contributed by atoms with E-state index < -0.39 is 11.9 Å². The summed E-state index contributed by atoms with van der Waals surface area (Å²) in [5, 5.41) is 21.1. The highest BCUT2D eigenvalue weighted by molar-refractivity contribution is 5.69. The highest BCUT2D eigenvalue weighted by Gasteiger charge is 2.26. The van der Waals surface area contributed by atoms with Crippen LogP contribution in [0.25, 0.3) is 0 Å². The molecule has 0 saturated heterocycles. The number of hydrogen-bond acceptors (Lipinski definition) is 4. The molecule has 1 aliphatic rings. The summed E-state index contributed by atoms with van der Waals surface area (Å²) in [6.45, 7) is 4.45. The van der Waals surface area contributed by atoms with Crippen molar-refractivity contribution in [2.75, 3.05) is 0 Å². The third-order valence-electron chi connectivity index (χ3n) is 3.78. The highest BCUT2D eigenvalue weighted by atomic mass is 16.4. The molecular weight excluding hydrogens is 244 g/mol. The van der Waals surface area contributed by atoms with E-state index in [4.69, 9.17) is 0 Å². The van der Waals surface area contributed by atoms with Gasteiger partial charge in [0.15, 0.2) is 5.82 Å². The lowest BCUT2D eigenvalue weighted by molar-refractivity contribution is -0.142. The lowest BCUT2D eigenvalue weighted by atomic mass is 9.97. The van der Waals surface area contributed by atoms with E-state index in [0.717, 1.165) is 18.7 Å². The number of carbonyl (C=O) groups is 1. The van der Waals surface area contributed by atoms with E-state index in [1.54, 1.807) is 4.68 Å². The first-order chi connectivity index (χ1) is 9.08. The Hall–Kier alpha value is -1.46. The van der Waals surface area contributed by atoms with Gasteiger partial charge >= 0.3 is 5.97 Å². The molecule has 1 aliphatic carbocycles. The molecule has 0 amide bonds. The van der Waals surface area contributed by atoms with Crippen LogP contribution in [0.5, 0.6) is 0 Å². The largest absolute Gasteiger partial charge is 0.481 e. The van der Waals surface area contributed by atoms with Crippen LogP contribution in [-0.4, -0.2) is 31.3 Å². The molecule has 1 N–H and O–H groups in total. The minimum atomic E-state index is -0.762. The van der Waals surface area contributed by atoms with Crippen LogP contribution in [0.2, 0.25) is 0 Å². The molecule has 0 bridgehead atoms. The fourth-order valence-corrected chi connectivity index (χ4v) is 2.85. The molecule has 6 nitrogen and oxygen atoms in total. The summed E-state index contributed by atoms with van der Waals surface area (Å²) in [6, 6.07) is 0. The van der Waals surface area contributed by atoms with E-state index >= 15 is 0 Å². The third-order valence-corrected chi connectivity index (χ3v) is 3.78. The third kappa shape index (κ3) is 3.52. The van der Waals surface area contributed by atoms with E-state index in [2.05, 4.69) is 15.5 Å². The van der Waals surface area contributed by atoms with Gasteiger partial charge in [-0.1, -0.05) is 26.7 Å². The maximum atomic E-state index is 11.3. The van der Waals surface area contributed by atoms with Gasteiger partial charge < -0.3 is 5.11 Å². The molecule has 1 fully saturated rings. The van der Waals surface area contributed by atoms with E-state index in [9.17, 15) is 9.90 Å². The Balaban J connectivity index is 2.08. The Morgan fingerprint density at radius 2 is 2.11 bits per heavy atom. The summed E-state index contributed by atoms with van der Waals surface area (Å²) in [5.41, 5.74) is 0. The van der Waals surface area contributed by atoms with E-state index in [1.807, 2.05) is 13.8 Å². The fraction of sp³-hybridized carbons (Fsp3) is 0.846. The Morgan fingerprint density at radius 1 is 1.42 bits per heavy atom. The topological polar surface area (TPSA) is 80.9 Å². The number of carboxylic acid groups (broad SMARTS) is 1. The zero-order valence-electron chi connectivity index (χ0n) is 11.6. The molecule has 1 saturated carbocycles. The molecule has 0 aromatic carbocycles. The predicted octanol–water partition coefficient (Wildman–Crippen LogP) is 2.08. The van der Waals surface area contributed by atoms with Crippen molar-refractivity contribution in [2.45, 2.75) is 58.4 Å². The molecule has 1 aromatic heterocycles. The lowest BCUT2D eigenvalue weighted by Crippen LogP contribution is -2.24. The summed E-state index contributed by atoms with van der Waals surface area (Å²) in [6.07, 6.45) is 5.31. The molecular formula is C13H22N4O2. The normalized spacial score (nSPS) is 18.1. The van der Waals surface area contributed by atoms with Gasteiger partial charge in [0.2, 0.25) is 0 Å². The van der Waals surface area contributed by atoms with Crippen LogP contribution >= 0.6 is 0 Å². The number of aromatic nitrogens is 4. The Morgan fingerprint density at radius 3 is 2.68 bits per heavy atom. The molecule has 1 aromatic rings. The van der Waals surface area contributed by atoms with Gasteiger partial charge in [-0.15, -0.1) is 5.10 Å². The van der Waals surface area contributed by atoms with Gasteiger partial charge in [-0.3, -0.25) is 4.79 Å². The number of rotatable bonds is 6. The van der Waals surface area contributed by atoms with Crippen LogP contribution in [0.3, 0.4) is 0 Å². The molecule has 19 heavy (non-hydrogen) atoms. The molecule has 0 spiro atoms. The zero-order valence-corrected chi connectivity index (χ0v) is 11.6. The second kappa shape index (κ2) is 6.12. The summed E-state index contributed by atoms with van der Waals surface area (Å²) < 4.78 is 1.71. The molecule has 2 rings (SSSR count). The number of aliphatic carboxylic acids is 1. The van der Waals surface area contributed by atoms with Crippen molar-refractivity contribution in [1.82, 2.24) is 20.2 Å². The Labute approximate surface area is 113 Å². The van der Waals surface area contributed by atoms with Crippen molar-refractivity contribution in [3.05, 3.63) is 5.82 Å². The van der Waals surface area contributed by atoms with Crippen LogP contribution < -0.4 is 0 Å². The minimum Gasteiger partial charge on any atom is -0.481 e. The van der Waals surface area contributed by atoms with Crippen molar-refractivity contribution in [3.8, 4) is 0 Å². The molecule has 106 valence electrons. The maximum Gasteiger partial charge on any atom is 0.308 e. The highest BCUT2D eigenvalue weighted by Crippen LogP contribution is 2.32. The quantitative estimate of drug-likeness (QED) is 0.852. The zero-order chi connectivity index (χ0) is 13.8. The molecule has 1 heterocycles. The minimum absolute atomic E-state index is 0.354. The molecule has 0 aliphatic heterocycles. The first-order valence-electron chi connectivity index (χ1n) is 7.06. The predicted molar refractivity (Wildman–Crippen MR) is 69.6 cm³/mol. The average molecular weight is 266 g/mol. The second-order valence-electron chi connectivity index (χ2n) is 5.87. The number of nitrogens with zero attached hydrogens (tertiary/aromatic N) is 4. The number of tetrazole rings is 1. The van der Waals surface area contributed by atoms with Gasteiger partial charge in [-0.25, -0.2) is 4.68 Å². The van der Waals surface area contributed by atoms with Crippen LogP contribution in [-0.2, 0) is 11.3 Å². The van der Waals surface area contributed by atoms with Crippen LogP contribution in [0.4, 0.5) is 0 Å².